The van der Waals surface area contributed by atoms with E-state index in [1.165, 1.54) is 36.2 Å². The van der Waals surface area contributed by atoms with Crippen LogP contribution in [0.5, 0.6) is 0 Å². The van der Waals surface area contributed by atoms with E-state index in [9.17, 15) is 9.18 Å². The Morgan fingerprint density at radius 2 is 1.84 bits per heavy atom. The molecule has 1 amide bonds. The molecule has 3 aromatic rings. The number of aromatic nitrogens is 2. The Labute approximate surface area is 145 Å². The van der Waals surface area contributed by atoms with Gasteiger partial charge in [0.25, 0.3) is 5.91 Å². The third kappa shape index (κ3) is 4.84. The monoisotopic (exact) mass is 336 g/mol. The van der Waals surface area contributed by atoms with E-state index in [2.05, 4.69) is 32.7 Å². The van der Waals surface area contributed by atoms with E-state index in [1.807, 2.05) is 18.2 Å². The number of nitrogens with zero attached hydrogens (tertiary/aromatic N) is 2. The number of halogens is 1. The highest BCUT2D eigenvalue weighted by Crippen LogP contribution is 2.11. The lowest BCUT2D eigenvalue weighted by Crippen LogP contribution is -2.15. The van der Waals surface area contributed by atoms with Crippen LogP contribution < -0.4 is 10.6 Å². The highest BCUT2D eigenvalue weighted by atomic mass is 19.1. The van der Waals surface area contributed by atoms with Crippen LogP contribution in [0.25, 0.3) is 0 Å². The quantitative estimate of drug-likeness (QED) is 0.723. The second-order valence-electron chi connectivity index (χ2n) is 5.41. The molecular weight excluding hydrogens is 319 g/mol. The Morgan fingerprint density at radius 3 is 2.56 bits per heavy atom. The fraction of sp³-hybridized carbons (Fsp3) is 0.105. The van der Waals surface area contributed by atoms with Gasteiger partial charge in [0.15, 0.2) is 0 Å². The average Bonchev–Trinajstić information content (AvgIpc) is 2.63. The van der Waals surface area contributed by atoms with Gasteiger partial charge in [-0.25, -0.2) is 14.4 Å². The minimum absolute atomic E-state index is 0.165. The first-order valence-electron chi connectivity index (χ1n) is 7.87. The Balaban J connectivity index is 1.53. The summed E-state index contributed by atoms with van der Waals surface area (Å²) in [6, 6.07) is 15.8. The summed E-state index contributed by atoms with van der Waals surface area (Å²) in [5, 5.41) is 5.74. The largest absolute Gasteiger partial charge is 0.368 e. The average molecular weight is 336 g/mol. The Hall–Kier alpha value is -3.28. The van der Waals surface area contributed by atoms with E-state index >= 15 is 0 Å². The van der Waals surface area contributed by atoms with E-state index in [-0.39, 0.29) is 5.69 Å². The fourth-order valence-corrected chi connectivity index (χ4v) is 2.28. The molecule has 0 atom stereocenters. The molecule has 0 aliphatic rings. The third-order valence-corrected chi connectivity index (χ3v) is 3.53. The van der Waals surface area contributed by atoms with E-state index < -0.39 is 11.7 Å². The maximum absolute atomic E-state index is 13.1. The van der Waals surface area contributed by atoms with Gasteiger partial charge in [-0.1, -0.05) is 36.4 Å². The number of rotatable bonds is 6. The lowest BCUT2D eigenvalue weighted by molar-refractivity contribution is 0.102. The van der Waals surface area contributed by atoms with Gasteiger partial charge in [0.1, 0.15) is 17.3 Å². The summed E-state index contributed by atoms with van der Waals surface area (Å²) < 4.78 is 13.1. The van der Waals surface area contributed by atoms with E-state index in [1.54, 1.807) is 6.07 Å². The van der Waals surface area contributed by atoms with Gasteiger partial charge in [0.05, 0.1) is 12.4 Å². The molecule has 0 aliphatic carbocycles. The molecule has 0 bridgehead atoms. The van der Waals surface area contributed by atoms with Crippen molar-refractivity contribution >= 4 is 17.4 Å². The van der Waals surface area contributed by atoms with Crippen LogP contribution in [0.2, 0.25) is 0 Å². The van der Waals surface area contributed by atoms with Gasteiger partial charge in [-0.05, 0) is 30.2 Å². The predicted octanol–water partition coefficient (Wildman–Crippen LogP) is 3.52. The molecule has 3 rings (SSSR count). The van der Waals surface area contributed by atoms with Crippen molar-refractivity contribution in [3.05, 3.63) is 84.1 Å². The normalized spacial score (nSPS) is 10.3. The van der Waals surface area contributed by atoms with E-state index in [0.29, 0.717) is 18.1 Å². The number of carbonyl (C=O) groups is 1. The third-order valence-electron chi connectivity index (χ3n) is 3.53. The Kier molecular flexibility index (Phi) is 5.31. The van der Waals surface area contributed by atoms with Gasteiger partial charge < -0.3 is 10.6 Å². The van der Waals surface area contributed by atoms with Crippen molar-refractivity contribution in [1.29, 1.82) is 0 Å². The summed E-state index contributed by atoms with van der Waals surface area (Å²) >= 11 is 0. The van der Waals surface area contributed by atoms with Crippen LogP contribution in [0.4, 0.5) is 15.9 Å². The zero-order chi connectivity index (χ0) is 17.5. The summed E-state index contributed by atoms with van der Waals surface area (Å²) in [5.74, 6) is -0.256. The molecule has 25 heavy (non-hydrogen) atoms. The number of amides is 1. The zero-order valence-electron chi connectivity index (χ0n) is 13.4. The molecular formula is C19H17FN4O. The molecule has 126 valence electrons. The van der Waals surface area contributed by atoms with Gasteiger partial charge in [0, 0.05) is 12.2 Å². The second kappa shape index (κ2) is 8.01. The molecule has 0 saturated carbocycles. The minimum atomic E-state index is -0.436. The number of nitrogens with one attached hydrogen (secondary N) is 2. The van der Waals surface area contributed by atoms with Crippen LogP contribution in [0.1, 0.15) is 16.1 Å². The van der Waals surface area contributed by atoms with Crippen LogP contribution in [0, 0.1) is 5.82 Å². The number of hydrogen-bond acceptors (Lipinski definition) is 4. The van der Waals surface area contributed by atoms with Crippen LogP contribution in [0.3, 0.4) is 0 Å². The maximum Gasteiger partial charge on any atom is 0.275 e. The molecule has 5 nitrogen and oxygen atoms in total. The molecule has 0 unspecified atom stereocenters. The standard InChI is InChI=1S/C19H17FN4O/c20-15-7-4-8-16(11-15)24-19(25)17-12-23-18(13-22-17)21-10-9-14-5-2-1-3-6-14/h1-8,11-13H,9-10H2,(H,21,23)(H,24,25). The molecule has 6 heteroatoms. The SMILES string of the molecule is O=C(Nc1cccc(F)c1)c1cnc(NCCc2ccccc2)cn1. The molecule has 0 aliphatic heterocycles. The Bertz CT molecular complexity index is 838. The van der Waals surface area contributed by atoms with Crippen molar-refractivity contribution < 1.29 is 9.18 Å². The molecule has 0 radical (unpaired) electrons. The first kappa shape index (κ1) is 16.6. The van der Waals surface area contributed by atoms with Crippen molar-refractivity contribution in [2.75, 3.05) is 17.2 Å². The predicted molar refractivity (Wildman–Crippen MR) is 95.0 cm³/mol. The van der Waals surface area contributed by atoms with Gasteiger partial charge in [0.2, 0.25) is 0 Å². The highest BCUT2D eigenvalue weighted by molar-refractivity contribution is 6.02. The maximum atomic E-state index is 13.1. The van der Waals surface area contributed by atoms with Crippen molar-refractivity contribution in [3.8, 4) is 0 Å². The van der Waals surface area contributed by atoms with E-state index in [0.717, 1.165) is 6.42 Å². The van der Waals surface area contributed by atoms with Crippen molar-refractivity contribution in [1.82, 2.24) is 9.97 Å². The fourth-order valence-electron chi connectivity index (χ4n) is 2.28. The van der Waals surface area contributed by atoms with Crippen LogP contribution in [-0.4, -0.2) is 22.4 Å². The van der Waals surface area contributed by atoms with Gasteiger partial charge in [-0.3, -0.25) is 4.79 Å². The summed E-state index contributed by atoms with van der Waals surface area (Å²) in [6.45, 7) is 0.716. The Morgan fingerprint density at radius 1 is 1.00 bits per heavy atom. The topological polar surface area (TPSA) is 66.9 Å². The van der Waals surface area contributed by atoms with Crippen LogP contribution in [0.15, 0.2) is 67.0 Å². The first-order chi connectivity index (χ1) is 12.2. The molecule has 1 heterocycles. The summed E-state index contributed by atoms with van der Waals surface area (Å²) in [5.41, 5.74) is 1.77. The van der Waals surface area contributed by atoms with Crippen molar-refractivity contribution in [2.24, 2.45) is 0 Å². The minimum Gasteiger partial charge on any atom is -0.368 e. The zero-order valence-corrected chi connectivity index (χ0v) is 13.4. The summed E-state index contributed by atoms with van der Waals surface area (Å²) in [6.07, 6.45) is 3.76. The van der Waals surface area contributed by atoms with Gasteiger partial charge in [-0.2, -0.15) is 0 Å². The van der Waals surface area contributed by atoms with Gasteiger partial charge >= 0.3 is 0 Å². The van der Waals surface area contributed by atoms with Crippen LogP contribution >= 0.6 is 0 Å². The smallest absolute Gasteiger partial charge is 0.275 e. The van der Waals surface area contributed by atoms with Crippen molar-refractivity contribution in [2.45, 2.75) is 6.42 Å². The molecule has 0 spiro atoms. The highest BCUT2D eigenvalue weighted by Gasteiger charge is 2.09. The summed E-state index contributed by atoms with van der Waals surface area (Å²) in [7, 11) is 0. The summed E-state index contributed by atoms with van der Waals surface area (Å²) in [4.78, 5) is 20.4. The molecule has 1 aromatic heterocycles. The molecule has 2 N–H and O–H groups in total. The molecule has 2 aromatic carbocycles. The lowest BCUT2D eigenvalue weighted by Gasteiger charge is -2.07. The number of hydrogen-bond donors (Lipinski definition) is 2. The van der Waals surface area contributed by atoms with Gasteiger partial charge in [-0.15, -0.1) is 0 Å². The van der Waals surface area contributed by atoms with Crippen molar-refractivity contribution in [3.63, 3.8) is 0 Å². The molecule has 0 fully saturated rings. The second-order valence-corrected chi connectivity index (χ2v) is 5.41. The number of anilines is 2. The van der Waals surface area contributed by atoms with E-state index in [4.69, 9.17) is 0 Å². The molecule has 0 saturated heterocycles. The number of benzene rings is 2. The lowest BCUT2D eigenvalue weighted by atomic mass is 10.1. The first-order valence-corrected chi connectivity index (χ1v) is 7.87. The number of carbonyl (C=O) groups excluding carboxylic acids is 1. The van der Waals surface area contributed by atoms with Crippen LogP contribution in [-0.2, 0) is 6.42 Å².